The molecule has 0 aromatic heterocycles. The van der Waals surface area contributed by atoms with Crippen LogP contribution in [0.5, 0.6) is 0 Å². The van der Waals surface area contributed by atoms with E-state index in [-0.39, 0.29) is 31.1 Å². The zero-order valence-corrected chi connectivity index (χ0v) is 45.2. The van der Waals surface area contributed by atoms with E-state index in [0.29, 0.717) is 19.3 Å². The molecule has 0 bridgehead atoms. The van der Waals surface area contributed by atoms with Gasteiger partial charge in [0.2, 0.25) is 0 Å². The molecule has 0 rings (SSSR count). The summed E-state index contributed by atoms with van der Waals surface area (Å²) in [6, 6.07) is 0. The monoisotopic (exact) mass is 933 g/mol. The van der Waals surface area contributed by atoms with Gasteiger partial charge in [0.25, 0.3) is 0 Å². The Morgan fingerprint density at radius 1 is 0.303 bits per heavy atom. The summed E-state index contributed by atoms with van der Waals surface area (Å²) in [6.45, 7) is 9.03. The van der Waals surface area contributed by atoms with Crippen LogP contribution in [0, 0.1) is 5.92 Å². The fourth-order valence-electron chi connectivity index (χ4n) is 9.25. The number of unbranched alkanes of at least 4 members (excludes halogenated alkanes) is 41. The summed E-state index contributed by atoms with van der Waals surface area (Å²) in [4.78, 5) is 38.1. The van der Waals surface area contributed by atoms with Gasteiger partial charge in [0, 0.05) is 19.3 Å². The van der Waals surface area contributed by atoms with Crippen LogP contribution >= 0.6 is 0 Å². The minimum Gasteiger partial charge on any atom is -0.462 e. The number of ether oxygens (including phenoxy) is 3. The molecule has 392 valence electrons. The molecule has 0 heterocycles. The third-order valence-electron chi connectivity index (χ3n) is 14.2. The molecule has 0 aromatic carbocycles. The molecule has 0 spiro atoms. The second kappa shape index (κ2) is 54.4. The largest absolute Gasteiger partial charge is 0.462 e. The lowest BCUT2D eigenvalue weighted by Crippen LogP contribution is -2.30. The van der Waals surface area contributed by atoms with E-state index in [1.54, 1.807) is 0 Å². The molecule has 1 unspecified atom stereocenters. The maximum atomic E-state index is 12.9. The molecule has 2 atom stereocenters. The first kappa shape index (κ1) is 64.4. The summed E-state index contributed by atoms with van der Waals surface area (Å²) in [7, 11) is 0. The van der Waals surface area contributed by atoms with Crippen LogP contribution in [0.3, 0.4) is 0 Å². The highest BCUT2D eigenvalue weighted by Gasteiger charge is 2.19. The van der Waals surface area contributed by atoms with Crippen LogP contribution in [0.15, 0.2) is 0 Å². The van der Waals surface area contributed by atoms with Crippen molar-refractivity contribution in [3.8, 4) is 0 Å². The van der Waals surface area contributed by atoms with Crippen LogP contribution in [-0.4, -0.2) is 37.2 Å². The van der Waals surface area contributed by atoms with Crippen molar-refractivity contribution >= 4 is 17.9 Å². The van der Waals surface area contributed by atoms with Crippen LogP contribution in [0.25, 0.3) is 0 Å². The summed E-state index contributed by atoms with van der Waals surface area (Å²) in [6.07, 6.45) is 59.7. The van der Waals surface area contributed by atoms with Gasteiger partial charge in [-0.05, 0) is 25.2 Å². The van der Waals surface area contributed by atoms with Gasteiger partial charge in [-0.25, -0.2) is 0 Å². The smallest absolute Gasteiger partial charge is 0.306 e. The van der Waals surface area contributed by atoms with E-state index in [1.807, 2.05) is 0 Å². The summed E-state index contributed by atoms with van der Waals surface area (Å²) in [5.41, 5.74) is 0. The van der Waals surface area contributed by atoms with Crippen LogP contribution in [0.1, 0.15) is 342 Å². The number of rotatable bonds is 55. The number of hydrogen-bond donors (Lipinski definition) is 0. The van der Waals surface area contributed by atoms with Gasteiger partial charge in [-0.1, -0.05) is 304 Å². The predicted octanol–water partition coefficient (Wildman–Crippen LogP) is 19.8. The maximum absolute atomic E-state index is 12.9. The molecule has 0 aliphatic rings. The molecule has 0 amide bonds. The molecule has 0 saturated heterocycles. The van der Waals surface area contributed by atoms with Crippen LogP contribution in [0.2, 0.25) is 0 Å². The minimum atomic E-state index is -0.763. The van der Waals surface area contributed by atoms with Gasteiger partial charge in [0.1, 0.15) is 13.2 Å². The Hall–Kier alpha value is -1.59. The van der Waals surface area contributed by atoms with Crippen molar-refractivity contribution in [2.24, 2.45) is 5.92 Å². The van der Waals surface area contributed by atoms with E-state index < -0.39 is 6.10 Å². The van der Waals surface area contributed by atoms with Crippen molar-refractivity contribution in [1.29, 1.82) is 0 Å². The molecule has 0 aliphatic carbocycles. The standard InChI is InChI=1S/C60H116O6/c1-5-8-10-12-14-16-18-20-22-24-26-28-30-32-34-36-38-43-47-51-58(61)64-54-57(55-65-59(62)52-48-44-41-40-42-46-50-56(4)7-3)66-60(63)53-49-45-39-37-35-33-31-29-27-25-23-21-19-17-15-13-11-9-6-2/h56-57H,5-55H2,1-4H3/t56?,57-/m0/s1. The second-order valence-electron chi connectivity index (χ2n) is 20.9. The topological polar surface area (TPSA) is 78.9 Å². The van der Waals surface area contributed by atoms with E-state index >= 15 is 0 Å². The average molecular weight is 934 g/mol. The molecular weight excluding hydrogens is 817 g/mol. The van der Waals surface area contributed by atoms with Crippen molar-refractivity contribution in [1.82, 2.24) is 0 Å². The number of esters is 3. The number of hydrogen-bond acceptors (Lipinski definition) is 6. The van der Waals surface area contributed by atoms with Crippen molar-refractivity contribution < 1.29 is 28.6 Å². The van der Waals surface area contributed by atoms with E-state index in [4.69, 9.17) is 14.2 Å². The second-order valence-corrected chi connectivity index (χ2v) is 20.9. The molecule has 0 aromatic rings. The Morgan fingerprint density at radius 2 is 0.530 bits per heavy atom. The Bertz CT molecular complexity index is 998. The molecule has 0 saturated carbocycles. The van der Waals surface area contributed by atoms with Crippen LogP contribution in [-0.2, 0) is 28.6 Å². The summed E-state index contributed by atoms with van der Waals surface area (Å²) in [5, 5.41) is 0. The summed E-state index contributed by atoms with van der Waals surface area (Å²) in [5.74, 6) is -0.0244. The van der Waals surface area contributed by atoms with Crippen molar-refractivity contribution in [3.63, 3.8) is 0 Å². The highest BCUT2D eigenvalue weighted by Crippen LogP contribution is 2.18. The molecule has 0 N–H and O–H groups in total. The summed E-state index contributed by atoms with van der Waals surface area (Å²) >= 11 is 0. The van der Waals surface area contributed by atoms with Gasteiger partial charge in [0.05, 0.1) is 0 Å². The van der Waals surface area contributed by atoms with E-state index in [9.17, 15) is 14.4 Å². The third-order valence-corrected chi connectivity index (χ3v) is 14.2. The predicted molar refractivity (Wildman–Crippen MR) is 284 cm³/mol. The Balaban J connectivity index is 4.22. The van der Waals surface area contributed by atoms with Gasteiger partial charge in [0.15, 0.2) is 6.10 Å². The molecule has 0 fully saturated rings. The first-order chi connectivity index (χ1) is 32.4. The molecule has 6 heteroatoms. The highest BCUT2D eigenvalue weighted by atomic mass is 16.6. The molecular formula is C60H116O6. The maximum Gasteiger partial charge on any atom is 0.306 e. The highest BCUT2D eigenvalue weighted by molar-refractivity contribution is 5.71. The van der Waals surface area contributed by atoms with Gasteiger partial charge in [-0.2, -0.15) is 0 Å². The third kappa shape index (κ3) is 51.8. The van der Waals surface area contributed by atoms with E-state index in [1.165, 1.54) is 238 Å². The van der Waals surface area contributed by atoms with E-state index in [2.05, 4.69) is 27.7 Å². The first-order valence-corrected chi connectivity index (χ1v) is 29.9. The Kier molecular flexibility index (Phi) is 53.0. The Labute approximate surface area is 412 Å². The van der Waals surface area contributed by atoms with Gasteiger partial charge in [-0.3, -0.25) is 14.4 Å². The van der Waals surface area contributed by atoms with E-state index in [0.717, 1.165) is 63.7 Å². The summed E-state index contributed by atoms with van der Waals surface area (Å²) < 4.78 is 16.9. The number of carbonyl (C=O) groups is 3. The van der Waals surface area contributed by atoms with Crippen molar-refractivity contribution in [2.75, 3.05) is 13.2 Å². The van der Waals surface area contributed by atoms with Crippen molar-refractivity contribution in [3.05, 3.63) is 0 Å². The lowest BCUT2D eigenvalue weighted by molar-refractivity contribution is -0.167. The molecule has 0 radical (unpaired) electrons. The van der Waals surface area contributed by atoms with Gasteiger partial charge in [-0.15, -0.1) is 0 Å². The zero-order chi connectivity index (χ0) is 48.1. The molecule has 6 nitrogen and oxygen atoms in total. The van der Waals surface area contributed by atoms with Crippen LogP contribution in [0.4, 0.5) is 0 Å². The van der Waals surface area contributed by atoms with Gasteiger partial charge < -0.3 is 14.2 Å². The quantitative estimate of drug-likeness (QED) is 0.0343. The molecule has 66 heavy (non-hydrogen) atoms. The van der Waals surface area contributed by atoms with Crippen molar-refractivity contribution in [2.45, 2.75) is 348 Å². The SMILES string of the molecule is CCCCCCCCCCCCCCCCCCCCCC(=O)OC[C@@H](COC(=O)CCCCCCCCC(C)CC)OC(=O)CCCCCCCCCCCCCCCCCCCCC. The first-order valence-electron chi connectivity index (χ1n) is 29.9. The normalized spacial score (nSPS) is 12.4. The van der Waals surface area contributed by atoms with Crippen LogP contribution < -0.4 is 0 Å². The lowest BCUT2D eigenvalue weighted by Gasteiger charge is -2.18. The zero-order valence-electron chi connectivity index (χ0n) is 45.2. The van der Waals surface area contributed by atoms with Gasteiger partial charge >= 0.3 is 17.9 Å². The number of carbonyl (C=O) groups excluding carboxylic acids is 3. The lowest BCUT2D eigenvalue weighted by atomic mass is 10.00. The molecule has 0 aliphatic heterocycles. The average Bonchev–Trinajstić information content (AvgIpc) is 3.32. The fourth-order valence-corrected chi connectivity index (χ4v) is 9.25. The minimum absolute atomic E-state index is 0.0627. The Morgan fingerprint density at radius 3 is 0.788 bits per heavy atom. The fraction of sp³-hybridized carbons (Fsp3) is 0.950.